The molecular formula is C12H19N3O4S2. The molecule has 1 aromatic rings. The number of hydrogen-bond donors (Lipinski definition) is 3. The minimum Gasteiger partial charge on any atom is -0.315 e. The highest BCUT2D eigenvalue weighted by molar-refractivity contribution is 7.90. The Balaban J connectivity index is 2.17. The Kier molecular flexibility index (Phi) is 4.99. The summed E-state index contributed by atoms with van der Waals surface area (Å²) < 4.78 is 52.5. The van der Waals surface area contributed by atoms with E-state index in [-0.39, 0.29) is 15.8 Å². The highest BCUT2D eigenvalue weighted by Crippen LogP contribution is 2.15. The summed E-state index contributed by atoms with van der Waals surface area (Å²) in [5.74, 6) is 0. The Hall–Kier alpha value is -1.00. The van der Waals surface area contributed by atoms with Gasteiger partial charge in [-0.05, 0) is 50.7 Å². The van der Waals surface area contributed by atoms with Crippen molar-refractivity contribution in [3.05, 3.63) is 24.3 Å². The summed E-state index contributed by atoms with van der Waals surface area (Å²) in [7, 11) is -5.89. The van der Waals surface area contributed by atoms with Crippen LogP contribution in [-0.4, -0.2) is 43.0 Å². The van der Waals surface area contributed by atoms with Gasteiger partial charge in [-0.1, -0.05) is 0 Å². The molecule has 0 aliphatic carbocycles. The third-order valence-electron chi connectivity index (χ3n) is 3.33. The summed E-state index contributed by atoms with van der Waals surface area (Å²) in [6, 6.07) is 5.01. The van der Waals surface area contributed by atoms with Crippen molar-refractivity contribution < 1.29 is 16.8 Å². The second-order valence-electron chi connectivity index (χ2n) is 4.84. The molecule has 0 saturated carbocycles. The van der Waals surface area contributed by atoms with Gasteiger partial charge in [0.05, 0.1) is 9.79 Å². The van der Waals surface area contributed by atoms with Gasteiger partial charge in [-0.25, -0.2) is 26.3 Å². The van der Waals surface area contributed by atoms with E-state index in [0.717, 1.165) is 19.4 Å². The van der Waals surface area contributed by atoms with Crippen molar-refractivity contribution in [1.82, 2.24) is 14.8 Å². The lowest BCUT2D eigenvalue weighted by Crippen LogP contribution is -2.45. The smallest absolute Gasteiger partial charge is 0.240 e. The van der Waals surface area contributed by atoms with Gasteiger partial charge >= 0.3 is 0 Å². The molecule has 2 rings (SSSR count). The van der Waals surface area contributed by atoms with Crippen molar-refractivity contribution in [2.75, 3.05) is 20.1 Å². The molecule has 0 bridgehead atoms. The zero-order valence-corrected chi connectivity index (χ0v) is 13.3. The first-order chi connectivity index (χ1) is 9.85. The molecule has 118 valence electrons. The number of hydrogen-bond acceptors (Lipinski definition) is 5. The highest BCUT2D eigenvalue weighted by atomic mass is 32.2. The lowest BCUT2D eigenvalue weighted by atomic mass is 10.1. The highest BCUT2D eigenvalue weighted by Gasteiger charge is 2.22. The van der Waals surface area contributed by atoms with Crippen molar-refractivity contribution in [3.8, 4) is 0 Å². The molecule has 1 fully saturated rings. The predicted molar refractivity (Wildman–Crippen MR) is 78.9 cm³/mol. The van der Waals surface area contributed by atoms with Gasteiger partial charge in [0, 0.05) is 12.6 Å². The van der Waals surface area contributed by atoms with Gasteiger partial charge in [-0.3, -0.25) is 0 Å². The minimum absolute atomic E-state index is 0.0308. The SMILES string of the molecule is CNS(=O)(=O)c1ccc(S(=O)(=O)N[C@H]2CCCNC2)cc1. The molecule has 0 radical (unpaired) electrons. The molecule has 0 spiro atoms. The van der Waals surface area contributed by atoms with Crippen LogP contribution in [0.15, 0.2) is 34.1 Å². The molecule has 3 N–H and O–H groups in total. The molecular weight excluding hydrogens is 314 g/mol. The van der Waals surface area contributed by atoms with Gasteiger partial charge in [0.1, 0.15) is 0 Å². The fourth-order valence-corrected chi connectivity index (χ4v) is 4.16. The molecule has 1 saturated heterocycles. The first-order valence-electron chi connectivity index (χ1n) is 6.62. The first-order valence-corrected chi connectivity index (χ1v) is 9.58. The monoisotopic (exact) mass is 333 g/mol. The average Bonchev–Trinajstić information content (AvgIpc) is 2.48. The van der Waals surface area contributed by atoms with Crippen LogP contribution in [0.1, 0.15) is 12.8 Å². The van der Waals surface area contributed by atoms with Crippen LogP contribution in [0.3, 0.4) is 0 Å². The van der Waals surface area contributed by atoms with Crippen LogP contribution < -0.4 is 14.8 Å². The fourth-order valence-electron chi connectivity index (χ4n) is 2.16. The summed E-state index contributed by atoms with van der Waals surface area (Å²) in [5, 5.41) is 3.13. The third-order valence-corrected chi connectivity index (χ3v) is 6.30. The van der Waals surface area contributed by atoms with E-state index < -0.39 is 20.0 Å². The van der Waals surface area contributed by atoms with E-state index in [1.165, 1.54) is 31.3 Å². The van der Waals surface area contributed by atoms with Gasteiger partial charge in [0.15, 0.2) is 0 Å². The summed E-state index contributed by atoms with van der Waals surface area (Å²) in [6.07, 6.45) is 1.71. The molecule has 7 nitrogen and oxygen atoms in total. The standard InChI is InChI=1S/C12H19N3O4S2/c1-13-20(16,17)11-4-6-12(7-5-11)21(18,19)15-10-3-2-8-14-9-10/h4-7,10,13-15H,2-3,8-9H2,1H3/t10-/m0/s1. The summed E-state index contributed by atoms with van der Waals surface area (Å²) in [6.45, 7) is 1.50. The van der Waals surface area contributed by atoms with Crippen LogP contribution in [0.5, 0.6) is 0 Å². The maximum Gasteiger partial charge on any atom is 0.240 e. The van der Waals surface area contributed by atoms with E-state index in [0.29, 0.717) is 6.54 Å². The Labute approximate surface area is 125 Å². The second-order valence-corrected chi connectivity index (χ2v) is 8.44. The fraction of sp³-hybridized carbons (Fsp3) is 0.500. The largest absolute Gasteiger partial charge is 0.315 e. The Morgan fingerprint density at radius 1 is 1.05 bits per heavy atom. The van der Waals surface area contributed by atoms with Crippen LogP contribution in [0, 0.1) is 0 Å². The summed E-state index contributed by atoms with van der Waals surface area (Å²) >= 11 is 0. The number of benzene rings is 1. The van der Waals surface area contributed by atoms with Gasteiger partial charge in [0.25, 0.3) is 0 Å². The lowest BCUT2D eigenvalue weighted by Gasteiger charge is -2.23. The van der Waals surface area contributed by atoms with Gasteiger partial charge in [-0.2, -0.15) is 0 Å². The van der Waals surface area contributed by atoms with Crippen molar-refractivity contribution in [2.24, 2.45) is 0 Å². The topological polar surface area (TPSA) is 104 Å². The number of rotatable bonds is 5. The Morgan fingerprint density at radius 2 is 1.62 bits per heavy atom. The van der Waals surface area contributed by atoms with Crippen LogP contribution in [-0.2, 0) is 20.0 Å². The van der Waals surface area contributed by atoms with E-state index >= 15 is 0 Å². The molecule has 0 unspecified atom stereocenters. The summed E-state index contributed by atoms with van der Waals surface area (Å²) in [5.41, 5.74) is 0. The van der Waals surface area contributed by atoms with E-state index in [9.17, 15) is 16.8 Å². The number of piperidine rings is 1. The maximum absolute atomic E-state index is 12.2. The molecule has 21 heavy (non-hydrogen) atoms. The molecule has 0 amide bonds. The van der Waals surface area contributed by atoms with Crippen molar-refractivity contribution >= 4 is 20.0 Å². The lowest BCUT2D eigenvalue weighted by molar-refractivity contribution is 0.428. The number of sulfonamides is 2. The van der Waals surface area contributed by atoms with Crippen molar-refractivity contribution in [1.29, 1.82) is 0 Å². The third kappa shape index (κ3) is 4.01. The number of nitrogens with one attached hydrogen (secondary N) is 3. The second kappa shape index (κ2) is 6.41. The van der Waals surface area contributed by atoms with E-state index in [1.54, 1.807) is 0 Å². The Bertz CT molecular complexity index is 678. The zero-order valence-electron chi connectivity index (χ0n) is 11.7. The molecule has 1 heterocycles. The van der Waals surface area contributed by atoms with Crippen LogP contribution in [0.25, 0.3) is 0 Å². The molecule has 1 aliphatic rings. The average molecular weight is 333 g/mol. The van der Waals surface area contributed by atoms with E-state index in [4.69, 9.17) is 0 Å². The van der Waals surface area contributed by atoms with Crippen LogP contribution in [0.2, 0.25) is 0 Å². The van der Waals surface area contributed by atoms with Gasteiger partial charge in [-0.15, -0.1) is 0 Å². The van der Waals surface area contributed by atoms with E-state index in [1.807, 2.05) is 0 Å². The quantitative estimate of drug-likeness (QED) is 0.682. The molecule has 0 aromatic heterocycles. The molecule has 1 atom stereocenters. The van der Waals surface area contributed by atoms with Crippen molar-refractivity contribution in [2.45, 2.75) is 28.7 Å². The van der Waals surface area contributed by atoms with E-state index in [2.05, 4.69) is 14.8 Å². The first kappa shape index (κ1) is 16.4. The van der Waals surface area contributed by atoms with Gasteiger partial charge in [0.2, 0.25) is 20.0 Å². The van der Waals surface area contributed by atoms with Crippen LogP contribution >= 0.6 is 0 Å². The van der Waals surface area contributed by atoms with Crippen molar-refractivity contribution in [3.63, 3.8) is 0 Å². The molecule has 9 heteroatoms. The maximum atomic E-state index is 12.2. The van der Waals surface area contributed by atoms with Gasteiger partial charge < -0.3 is 5.32 Å². The minimum atomic E-state index is -3.63. The normalized spacial score (nSPS) is 20.3. The zero-order chi connectivity index (χ0) is 15.5. The molecule has 1 aromatic carbocycles. The Morgan fingerprint density at radius 3 is 2.10 bits per heavy atom. The van der Waals surface area contributed by atoms with Crippen LogP contribution in [0.4, 0.5) is 0 Å². The molecule has 1 aliphatic heterocycles. The predicted octanol–water partition coefficient (Wildman–Crippen LogP) is -0.375. The summed E-state index contributed by atoms with van der Waals surface area (Å²) in [4.78, 5) is 0.0893.